The summed E-state index contributed by atoms with van der Waals surface area (Å²) in [4.78, 5) is 15.2. The average Bonchev–Trinajstić information content (AvgIpc) is 2.38. The first-order valence-electron chi connectivity index (χ1n) is 5.65. The predicted octanol–water partition coefficient (Wildman–Crippen LogP) is 2.70. The predicted molar refractivity (Wildman–Crippen MR) is 69.7 cm³/mol. The zero-order valence-corrected chi connectivity index (χ0v) is 10.1. The van der Waals surface area contributed by atoms with Gasteiger partial charge in [0.1, 0.15) is 0 Å². The average molecular weight is 242 g/mol. The fraction of sp³-hybridized carbons (Fsp3) is 0.143. The third-order valence-corrected chi connectivity index (χ3v) is 2.75. The highest BCUT2D eigenvalue weighted by Gasteiger charge is 2.09. The van der Waals surface area contributed by atoms with Crippen molar-refractivity contribution in [1.82, 2.24) is 4.98 Å². The molecule has 0 spiro atoms. The number of aromatic nitrogens is 1. The van der Waals surface area contributed by atoms with Gasteiger partial charge in [0.25, 0.3) is 0 Å². The number of carboxylic acid groups (broad SMARTS) is 1. The number of carboxylic acids is 1. The minimum Gasteiger partial charge on any atom is -0.478 e. The second kappa shape index (κ2) is 5.31. The van der Waals surface area contributed by atoms with Gasteiger partial charge in [-0.1, -0.05) is 12.1 Å². The smallest absolute Gasteiger partial charge is 0.336 e. The number of anilines is 1. The monoisotopic (exact) mass is 242 g/mol. The summed E-state index contributed by atoms with van der Waals surface area (Å²) < 4.78 is 0. The van der Waals surface area contributed by atoms with Gasteiger partial charge in [-0.25, -0.2) is 4.79 Å². The van der Waals surface area contributed by atoms with Crippen LogP contribution in [-0.2, 0) is 6.54 Å². The fourth-order valence-corrected chi connectivity index (χ4v) is 1.75. The number of pyridine rings is 1. The van der Waals surface area contributed by atoms with Crippen molar-refractivity contribution in [3.63, 3.8) is 0 Å². The van der Waals surface area contributed by atoms with E-state index in [4.69, 9.17) is 5.11 Å². The molecule has 0 radical (unpaired) electrons. The van der Waals surface area contributed by atoms with Crippen molar-refractivity contribution < 1.29 is 9.90 Å². The second-order valence-electron chi connectivity index (χ2n) is 3.96. The highest BCUT2D eigenvalue weighted by Crippen LogP contribution is 2.19. The van der Waals surface area contributed by atoms with Crippen LogP contribution in [0.1, 0.15) is 21.6 Å². The molecular formula is C14H14N2O2. The lowest BCUT2D eigenvalue weighted by Gasteiger charge is -2.10. The molecule has 18 heavy (non-hydrogen) atoms. The first-order chi connectivity index (χ1) is 8.68. The molecule has 0 fully saturated rings. The van der Waals surface area contributed by atoms with Crippen LogP contribution in [0.2, 0.25) is 0 Å². The summed E-state index contributed by atoms with van der Waals surface area (Å²) in [5.41, 5.74) is 2.79. The first-order valence-corrected chi connectivity index (χ1v) is 5.65. The molecule has 0 amide bonds. The lowest BCUT2D eigenvalue weighted by atomic mass is 10.1. The molecule has 2 rings (SSSR count). The van der Waals surface area contributed by atoms with Gasteiger partial charge in [0.05, 0.1) is 17.8 Å². The molecule has 2 aromatic rings. The maximum atomic E-state index is 11.0. The number of rotatable bonds is 4. The second-order valence-corrected chi connectivity index (χ2v) is 3.96. The third-order valence-electron chi connectivity index (χ3n) is 2.75. The van der Waals surface area contributed by atoms with Crippen molar-refractivity contribution in [3.05, 3.63) is 59.4 Å². The Bertz CT molecular complexity index is 553. The van der Waals surface area contributed by atoms with E-state index >= 15 is 0 Å². The molecule has 0 unspecified atom stereocenters. The molecular weight excluding hydrogens is 228 g/mol. The fourth-order valence-electron chi connectivity index (χ4n) is 1.75. The van der Waals surface area contributed by atoms with E-state index in [1.165, 1.54) is 0 Å². The molecule has 0 aliphatic rings. The van der Waals surface area contributed by atoms with Crippen molar-refractivity contribution in [2.75, 3.05) is 5.32 Å². The van der Waals surface area contributed by atoms with Gasteiger partial charge in [-0.15, -0.1) is 0 Å². The summed E-state index contributed by atoms with van der Waals surface area (Å²) in [6.07, 6.45) is 1.73. The summed E-state index contributed by atoms with van der Waals surface area (Å²) in [6.45, 7) is 2.37. The van der Waals surface area contributed by atoms with Crippen molar-refractivity contribution in [3.8, 4) is 0 Å². The first kappa shape index (κ1) is 12.1. The molecule has 1 aromatic heterocycles. The van der Waals surface area contributed by atoms with Gasteiger partial charge < -0.3 is 10.4 Å². The Morgan fingerprint density at radius 1 is 1.28 bits per heavy atom. The number of carbonyl (C=O) groups is 1. The number of hydrogen-bond acceptors (Lipinski definition) is 3. The summed E-state index contributed by atoms with van der Waals surface area (Å²) in [7, 11) is 0. The van der Waals surface area contributed by atoms with Crippen LogP contribution in [0.15, 0.2) is 42.6 Å². The Kier molecular flexibility index (Phi) is 3.57. The maximum Gasteiger partial charge on any atom is 0.336 e. The molecule has 0 saturated carbocycles. The number of nitrogens with one attached hydrogen (secondary N) is 1. The topological polar surface area (TPSA) is 62.2 Å². The lowest BCUT2D eigenvalue weighted by molar-refractivity contribution is 0.0696. The molecule has 2 N–H and O–H groups in total. The lowest BCUT2D eigenvalue weighted by Crippen LogP contribution is -2.06. The summed E-state index contributed by atoms with van der Waals surface area (Å²) in [5, 5.41) is 12.2. The molecule has 0 atom stereocenters. The van der Waals surface area contributed by atoms with Gasteiger partial charge in [0.15, 0.2) is 0 Å². The van der Waals surface area contributed by atoms with E-state index in [2.05, 4.69) is 10.3 Å². The van der Waals surface area contributed by atoms with E-state index in [0.717, 1.165) is 16.9 Å². The zero-order chi connectivity index (χ0) is 13.0. The van der Waals surface area contributed by atoms with Gasteiger partial charge in [-0.05, 0) is 36.8 Å². The molecule has 0 aliphatic heterocycles. The van der Waals surface area contributed by atoms with Gasteiger partial charge in [0, 0.05) is 11.9 Å². The van der Waals surface area contributed by atoms with Gasteiger partial charge in [0.2, 0.25) is 0 Å². The number of nitrogens with zero attached hydrogens (tertiary/aromatic N) is 1. The van der Waals surface area contributed by atoms with Crippen LogP contribution >= 0.6 is 0 Å². The quantitative estimate of drug-likeness (QED) is 0.865. The summed E-state index contributed by atoms with van der Waals surface area (Å²) >= 11 is 0. The maximum absolute atomic E-state index is 11.0. The molecule has 4 heteroatoms. The molecule has 0 bridgehead atoms. The molecule has 92 valence electrons. The van der Waals surface area contributed by atoms with E-state index in [0.29, 0.717) is 12.1 Å². The van der Waals surface area contributed by atoms with E-state index in [1.54, 1.807) is 25.3 Å². The summed E-state index contributed by atoms with van der Waals surface area (Å²) in [5.74, 6) is -0.908. The highest BCUT2D eigenvalue weighted by atomic mass is 16.4. The van der Waals surface area contributed by atoms with Crippen LogP contribution in [-0.4, -0.2) is 16.1 Å². The van der Waals surface area contributed by atoms with Gasteiger partial charge in [-0.3, -0.25) is 4.98 Å². The van der Waals surface area contributed by atoms with Gasteiger partial charge in [-0.2, -0.15) is 0 Å². The van der Waals surface area contributed by atoms with E-state index < -0.39 is 5.97 Å². The molecule has 0 saturated heterocycles. The molecule has 1 aromatic carbocycles. The van der Waals surface area contributed by atoms with E-state index in [-0.39, 0.29) is 0 Å². The van der Waals surface area contributed by atoms with Crippen molar-refractivity contribution in [1.29, 1.82) is 0 Å². The van der Waals surface area contributed by atoms with Crippen molar-refractivity contribution >= 4 is 11.7 Å². The minimum absolute atomic E-state index is 0.320. The van der Waals surface area contributed by atoms with E-state index in [1.807, 2.05) is 24.3 Å². The normalized spacial score (nSPS) is 10.1. The van der Waals surface area contributed by atoms with Crippen LogP contribution in [0, 0.1) is 6.92 Å². The van der Waals surface area contributed by atoms with Crippen LogP contribution < -0.4 is 5.32 Å². The zero-order valence-electron chi connectivity index (χ0n) is 10.1. The Hall–Kier alpha value is -2.36. The largest absolute Gasteiger partial charge is 0.478 e. The number of aromatic carboxylic acids is 1. The molecule has 1 heterocycles. The Morgan fingerprint density at radius 3 is 2.78 bits per heavy atom. The van der Waals surface area contributed by atoms with Crippen molar-refractivity contribution in [2.45, 2.75) is 13.5 Å². The van der Waals surface area contributed by atoms with Crippen LogP contribution in [0.5, 0.6) is 0 Å². The van der Waals surface area contributed by atoms with Crippen LogP contribution in [0.4, 0.5) is 5.69 Å². The standard InChI is InChI=1S/C14H14N2O2/c1-10-12(14(17)18)6-4-7-13(10)16-9-11-5-2-3-8-15-11/h2-8,16H,9H2,1H3,(H,17,18). The van der Waals surface area contributed by atoms with Crippen molar-refractivity contribution in [2.24, 2.45) is 0 Å². The highest BCUT2D eigenvalue weighted by molar-refractivity contribution is 5.91. The Balaban J connectivity index is 2.15. The minimum atomic E-state index is -0.908. The number of benzene rings is 1. The summed E-state index contributed by atoms with van der Waals surface area (Å²) in [6, 6.07) is 10.9. The molecule has 0 aliphatic carbocycles. The SMILES string of the molecule is Cc1c(NCc2ccccn2)cccc1C(=O)O. The van der Waals surface area contributed by atoms with Crippen LogP contribution in [0.3, 0.4) is 0 Å². The van der Waals surface area contributed by atoms with Gasteiger partial charge >= 0.3 is 5.97 Å². The van der Waals surface area contributed by atoms with E-state index in [9.17, 15) is 4.79 Å². The Labute approximate surface area is 105 Å². The third kappa shape index (κ3) is 2.66. The number of hydrogen-bond donors (Lipinski definition) is 2. The Morgan fingerprint density at radius 2 is 2.11 bits per heavy atom. The van der Waals surface area contributed by atoms with Crippen LogP contribution in [0.25, 0.3) is 0 Å². The molecule has 4 nitrogen and oxygen atoms in total.